The first kappa shape index (κ1) is 25.4. The number of halogens is 1. The highest BCUT2D eigenvalue weighted by atomic mass is 19.1. The van der Waals surface area contributed by atoms with Crippen LogP contribution in [0, 0.1) is 11.7 Å². The zero-order chi connectivity index (χ0) is 25.8. The van der Waals surface area contributed by atoms with Gasteiger partial charge in [0.1, 0.15) is 17.3 Å². The van der Waals surface area contributed by atoms with Gasteiger partial charge in [-0.2, -0.15) is 0 Å². The lowest BCUT2D eigenvalue weighted by Gasteiger charge is -2.19. The number of carbonyl (C=O) groups excluding carboxylic acids is 1. The molecule has 186 valence electrons. The molecule has 1 aliphatic carbocycles. The maximum Gasteiger partial charge on any atom is 0.496 e. The molecule has 0 saturated carbocycles. The third-order valence-corrected chi connectivity index (χ3v) is 6.57. The lowest BCUT2D eigenvalue weighted by Crippen LogP contribution is -2.32. The fourth-order valence-corrected chi connectivity index (χ4v) is 4.78. The molecule has 1 aromatic heterocycles. The van der Waals surface area contributed by atoms with Crippen LogP contribution in [-0.2, 0) is 11.2 Å². The molecular weight excluding hydrogens is 462 g/mol. The van der Waals surface area contributed by atoms with Crippen LogP contribution in [0.25, 0.3) is 11.6 Å². The van der Waals surface area contributed by atoms with Crippen molar-refractivity contribution in [3.63, 3.8) is 0 Å². The molecule has 0 bridgehead atoms. The van der Waals surface area contributed by atoms with Crippen LogP contribution in [0.1, 0.15) is 35.1 Å². The minimum Gasteiger partial charge on any atom is -0.497 e. The number of hydrogen-bond donors (Lipinski definition) is 3. The summed E-state index contributed by atoms with van der Waals surface area (Å²) in [6.07, 6.45) is 5.49. The van der Waals surface area contributed by atoms with Crippen molar-refractivity contribution >= 4 is 30.1 Å². The number of hydrogen-bond acceptors (Lipinski definition) is 6. The Morgan fingerprint density at radius 1 is 1.17 bits per heavy atom. The van der Waals surface area contributed by atoms with Crippen molar-refractivity contribution in [2.45, 2.75) is 19.3 Å². The Balaban J connectivity index is 1.64. The molecule has 2 aromatic carbocycles. The topological polar surface area (TPSA) is 101 Å². The van der Waals surface area contributed by atoms with Crippen molar-refractivity contribution in [1.82, 2.24) is 10.3 Å². The van der Waals surface area contributed by atoms with Crippen molar-refractivity contribution in [3.8, 4) is 11.5 Å². The molecule has 0 radical (unpaired) electrons. The second-order valence-corrected chi connectivity index (χ2v) is 8.78. The molecule has 1 heterocycles. The Labute approximate surface area is 209 Å². The Morgan fingerprint density at radius 3 is 2.50 bits per heavy atom. The van der Waals surface area contributed by atoms with Crippen LogP contribution >= 0.6 is 0 Å². The van der Waals surface area contributed by atoms with Crippen LogP contribution in [0.15, 0.2) is 54.9 Å². The van der Waals surface area contributed by atoms with Crippen LogP contribution in [-0.4, -0.2) is 48.8 Å². The SMILES string of the molecule is COc1cc(/C=C2\c3ccc(F)cc3C(CNC(=O)Cc3cccnc3)C2C)cc(OC)c1B(O)O. The third-order valence-electron chi connectivity index (χ3n) is 6.57. The molecule has 0 saturated heterocycles. The summed E-state index contributed by atoms with van der Waals surface area (Å²) in [6.45, 7) is 2.40. The highest BCUT2D eigenvalue weighted by molar-refractivity contribution is 6.61. The van der Waals surface area contributed by atoms with Gasteiger partial charge in [-0.1, -0.05) is 25.1 Å². The van der Waals surface area contributed by atoms with Gasteiger partial charge in [0, 0.05) is 24.9 Å². The van der Waals surface area contributed by atoms with E-state index in [1.165, 1.54) is 26.4 Å². The predicted molar refractivity (Wildman–Crippen MR) is 136 cm³/mol. The lowest BCUT2D eigenvalue weighted by molar-refractivity contribution is -0.120. The summed E-state index contributed by atoms with van der Waals surface area (Å²) in [5.74, 6) is -0.0553. The van der Waals surface area contributed by atoms with E-state index >= 15 is 0 Å². The molecule has 2 unspecified atom stereocenters. The number of aromatic nitrogens is 1. The number of pyridine rings is 1. The van der Waals surface area contributed by atoms with Crippen LogP contribution in [0.3, 0.4) is 0 Å². The number of carbonyl (C=O) groups is 1. The van der Waals surface area contributed by atoms with Gasteiger partial charge >= 0.3 is 7.12 Å². The first-order chi connectivity index (χ1) is 17.3. The number of amides is 1. The van der Waals surface area contributed by atoms with E-state index in [9.17, 15) is 19.2 Å². The van der Waals surface area contributed by atoms with Crippen LogP contribution in [0.5, 0.6) is 11.5 Å². The van der Waals surface area contributed by atoms with Gasteiger partial charge in [-0.05, 0) is 64.1 Å². The monoisotopic (exact) mass is 490 g/mol. The average Bonchev–Trinajstić information content (AvgIpc) is 3.12. The first-order valence-electron chi connectivity index (χ1n) is 11.6. The summed E-state index contributed by atoms with van der Waals surface area (Å²) in [5.41, 5.74) is 4.39. The Bertz CT molecular complexity index is 1260. The molecule has 0 fully saturated rings. The van der Waals surface area contributed by atoms with Crippen molar-refractivity contribution in [2.24, 2.45) is 5.92 Å². The molecule has 7 nitrogen and oxygen atoms in total. The fourth-order valence-electron chi connectivity index (χ4n) is 4.78. The van der Waals surface area contributed by atoms with E-state index in [2.05, 4.69) is 10.3 Å². The van der Waals surface area contributed by atoms with Crippen molar-refractivity contribution in [3.05, 3.63) is 82.9 Å². The van der Waals surface area contributed by atoms with Gasteiger partial charge in [0.2, 0.25) is 5.91 Å². The largest absolute Gasteiger partial charge is 0.497 e. The number of nitrogens with zero attached hydrogens (tertiary/aromatic N) is 1. The van der Waals surface area contributed by atoms with Gasteiger partial charge in [-0.3, -0.25) is 9.78 Å². The predicted octanol–water partition coefficient (Wildman–Crippen LogP) is 2.55. The van der Waals surface area contributed by atoms with Gasteiger partial charge in [-0.25, -0.2) is 4.39 Å². The lowest BCUT2D eigenvalue weighted by atomic mass is 9.78. The summed E-state index contributed by atoms with van der Waals surface area (Å²) >= 11 is 0. The van der Waals surface area contributed by atoms with Gasteiger partial charge in [0.05, 0.1) is 26.1 Å². The fraction of sp³-hybridized carbons (Fsp3) is 0.259. The molecule has 9 heteroatoms. The Morgan fingerprint density at radius 2 is 1.89 bits per heavy atom. The summed E-state index contributed by atoms with van der Waals surface area (Å²) in [5, 5.41) is 22.5. The molecular formula is C27H28BFN2O5. The third kappa shape index (κ3) is 5.27. The molecule has 3 N–H and O–H groups in total. The van der Waals surface area contributed by atoms with E-state index in [0.717, 1.165) is 27.8 Å². The van der Waals surface area contributed by atoms with E-state index < -0.39 is 7.12 Å². The number of benzene rings is 2. The molecule has 1 aliphatic rings. The maximum absolute atomic E-state index is 14.2. The van der Waals surface area contributed by atoms with E-state index in [1.807, 2.05) is 19.1 Å². The molecule has 2 atom stereocenters. The van der Waals surface area contributed by atoms with Crippen LogP contribution in [0.2, 0.25) is 0 Å². The minimum absolute atomic E-state index is 0.0272. The summed E-state index contributed by atoms with van der Waals surface area (Å²) in [4.78, 5) is 16.6. The number of fused-ring (bicyclic) bond motifs is 1. The number of allylic oxidation sites excluding steroid dienone is 1. The molecule has 36 heavy (non-hydrogen) atoms. The van der Waals surface area contributed by atoms with E-state index in [-0.39, 0.29) is 46.9 Å². The quantitative estimate of drug-likeness (QED) is 0.420. The summed E-state index contributed by atoms with van der Waals surface area (Å²) in [6, 6.07) is 11.7. The first-order valence-corrected chi connectivity index (χ1v) is 11.6. The zero-order valence-corrected chi connectivity index (χ0v) is 20.4. The normalized spacial score (nSPS) is 17.6. The highest BCUT2D eigenvalue weighted by Gasteiger charge is 2.34. The molecule has 0 spiro atoms. The standard InChI is InChI=1S/C27H28BFN2O5/c1-16-21(9-18-10-24(35-2)27(28(33)34)25(11-18)36-3)20-7-6-19(29)13-22(20)23(16)15-31-26(32)12-17-5-4-8-30-14-17/h4-11,13-14,16,23,33-34H,12,15H2,1-3H3,(H,31,32)/b21-9-. The van der Waals surface area contributed by atoms with E-state index in [1.54, 1.807) is 36.7 Å². The number of ether oxygens (including phenoxy) is 2. The van der Waals surface area contributed by atoms with E-state index in [4.69, 9.17) is 9.47 Å². The van der Waals surface area contributed by atoms with Gasteiger partial charge in [-0.15, -0.1) is 0 Å². The smallest absolute Gasteiger partial charge is 0.496 e. The number of methoxy groups -OCH3 is 2. The minimum atomic E-state index is -1.76. The van der Waals surface area contributed by atoms with Crippen LogP contribution < -0.4 is 20.3 Å². The summed E-state index contributed by atoms with van der Waals surface area (Å²) in [7, 11) is 1.13. The van der Waals surface area contributed by atoms with Gasteiger partial charge in [0.25, 0.3) is 0 Å². The van der Waals surface area contributed by atoms with Crippen molar-refractivity contribution in [1.29, 1.82) is 0 Å². The van der Waals surface area contributed by atoms with Gasteiger partial charge in [0.15, 0.2) is 0 Å². The average molecular weight is 490 g/mol. The number of rotatable bonds is 8. The maximum atomic E-state index is 14.2. The van der Waals surface area contributed by atoms with E-state index in [0.29, 0.717) is 6.54 Å². The second kappa shape index (κ2) is 10.9. The molecule has 0 aliphatic heterocycles. The Kier molecular flexibility index (Phi) is 7.71. The molecule has 4 rings (SSSR count). The molecule has 3 aromatic rings. The highest BCUT2D eigenvalue weighted by Crippen LogP contribution is 2.46. The zero-order valence-electron chi connectivity index (χ0n) is 20.4. The van der Waals surface area contributed by atoms with Gasteiger partial charge < -0.3 is 24.8 Å². The van der Waals surface area contributed by atoms with Crippen LogP contribution in [0.4, 0.5) is 4.39 Å². The van der Waals surface area contributed by atoms with Crippen molar-refractivity contribution < 1.29 is 28.7 Å². The second-order valence-electron chi connectivity index (χ2n) is 8.78. The molecule has 1 amide bonds. The Hall–Kier alpha value is -3.69. The summed E-state index contributed by atoms with van der Waals surface area (Å²) < 4.78 is 25.0. The number of nitrogens with one attached hydrogen (secondary N) is 1. The van der Waals surface area contributed by atoms with Crippen molar-refractivity contribution in [2.75, 3.05) is 20.8 Å².